The number of piperazine rings is 1. The highest BCUT2D eigenvalue weighted by Crippen LogP contribution is 2.29. The van der Waals surface area contributed by atoms with Crippen molar-refractivity contribution in [2.45, 2.75) is 0 Å². The van der Waals surface area contributed by atoms with Crippen molar-refractivity contribution in [3.8, 4) is 17.3 Å². The Balaban J connectivity index is 1.60. The molecule has 5 heterocycles. The maximum absolute atomic E-state index is 9.56. The van der Waals surface area contributed by atoms with Gasteiger partial charge in [-0.1, -0.05) is 0 Å². The number of fused-ring (bicyclic) bond motifs is 1. The number of rotatable bonds is 3. The number of nitriles is 1. The average molecular weight is 386 g/mol. The van der Waals surface area contributed by atoms with Crippen LogP contribution in [0.5, 0.6) is 0 Å². The Morgan fingerprint density at radius 1 is 1.07 bits per heavy atom. The Hall–Kier alpha value is -3.41. The van der Waals surface area contributed by atoms with Gasteiger partial charge in [0.25, 0.3) is 0 Å². The van der Waals surface area contributed by atoms with Gasteiger partial charge in [0.05, 0.1) is 11.9 Å². The van der Waals surface area contributed by atoms with Crippen LogP contribution >= 0.6 is 0 Å². The maximum atomic E-state index is 9.56. The van der Waals surface area contributed by atoms with Crippen LogP contribution in [-0.4, -0.2) is 59.1 Å². The Labute approximate surface area is 169 Å². The Kier molecular flexibility index (Phi) is 4.39. The summed E-state index contributed by atoms with van der Waals surface area (Å²) in [6.07, 6.45) is 5.60. The Morgan fingerprint density at radius 2 is 1.93 bits per heavy atom. The van der Waals surface area contributed by atoms with Gasteiger partial charge in [-0.05, 0) is 35.4 Å². The number of hydrogen-bond donors (Lipinski definition) is 2. The van der Waals surface area contributed by atoms with Crippen molar-refractivity contribution in [1.82, 2.24) is 30.1 Å². The van der Waals surface area contributed by atoms with Gasteiger partial charge in [-0.2, -0.15) is 5.26 Å². The predicted octanol–water partition coefficient (Wildman–Crippen LogP) is 1.47. The van der Waals surface area contributed by atoms with Gasteiger partial charge in [-0.15, -0.1) is 0 Å². The van der Waals surface area contributed by atoms with Crippen LogP contribution in [0.4, 0.5) is 5.82 Å². The normalized spacial score (nSPS) is 16.9. The summed E-state index contributed by atoms with van der Waals surface area (Å²) in [4.78, 5) is 11.5. The van der Waals surface area contributed by atoms with Gasteiger partial charge >= 0.3 is 0 Å². The van der Waals surface area contributed by atoms with Crippen LogP contribution < -0.4 is 15.6 Å². The van der Waals surface area contributed by atoms with E-state index in [9.17, 15) is 5.26 Å². The number of nitrogens with zero attached hydrogens (tertiary/aromatic N) is 6. The number of anilines is 1. The van der Waals surface area contributed by atoms with Crippen LogP contribution in [0.2, 0.25) is 0 Å². The molecule has 0 unspecified atom stereocenters. The molecule has 1 saturated heterocycles. The first kappa shape index (κ1) is 17.7. The summed E-state index contributed by atoms with van der Waals surface area (Å²) in [6, 6.07) is 10.5. The number of imidazole rings is 1. The van der Waals surface area contributed by atoms with Crippen LogP contribution in [0.3, 0.4) is 0 Å². The summed E-state index contributed by atoms with van der Waals surface area (Å²) in [6.45, 7) is 4.63. The van der Waals surface area contributed by atoms with Gasteiger partial charge in [-0.25, -0.2) is 15.4 Å². The zero-order valence-corrected chi connectivity index (χ0v) is 16.3. The highest BCUT2D eigenvalue weighted by Gasteiger charge is 2.17. The second kappa shape index (κ2) is 7.20. The second-order valence-corrected chi connectivity index (χ2v) is 7.32. The lowest BCUT2D eigenvalue weighted by Crippen LogP contribution is -2.43. The van der Waals surface area contributed by atoms with Crippen LogP contribution in [0.15, 0.2) is 42.9 Å². The molecule has 2 aliphatic rings. The summed E-state index contributed by atoms with van der Waals surface area (Å²) in [5.41, 5.74) is 8.70. The first-order chi connectivity index (χ1) is 14.2. The van der Waals surface area contributed by atoms with E-state index in [2.05, 4.69) is 51.1 Å². The second-order valence-electron chi connectivity index (χ2n) is 7.32. The van der Waals surface area contributed by atoms with Crippen molar-refractivity contribution in [2.75, 3.05) is 44.7 Å². The third-order valence-corrected chi connectivity index (χ3v) is 5.45. The predicted molar refractivity (Wildman–Crippen MR) is 112 cm³/mol. The van der Waals surface area contributed by atoms with Crippen molar-refractivity contribution < 1.29 is 0 Å². The van der Waals surface area contributed by atoms with E-state index < -0.39 is 0 Å². The van der Waals surface area contributed by atoms with Crippen LogP contribution in [0, 0.1) is 11.3 Å². The SMILES string of the molecule is CN1C=C(c2cc(-c3ccc(N4CCNCC4)nc3)n3c(C#N)cnc3c2)CN1. The zero-order valence-electron chi connectivity index (χ0n) is 16.3. The molecule has 0 saturated carbocycles. The minimum atomic E-state index is 0.517. The summed E-state index contributed by atoms with van der Waals surface area (Å²) in [5.74, 6) is 0.984. The van der Waals surface area contributed by atoms with Gasteiger partial charge in [0.15, 0.2) is 0 Å². The molecule has 0 radical (unpaired) electrons. The lowest BCUT2D eigenvalue weighted by Gasteiger charge is -2.28. The average Bonchev–Trinajstić information content (AvgIpc) is 3.40. The number of aromatic nitrogens is 3. The zero-order chi connectivity index (χ0) is 19.8. The van der Waals surface area contributed by atoms with Crippen LogP contribution in [-0.2, 0) is 0 Å². The minimum Gasteiger partial charge on any atom is -0.354 e. The molecule has 1 fully saturated rings. The van der Waals surface area contributed by atoms with E-state index in [1.54, 1.807) is 6.20 Å². The smallest absolute Gasteiger partial charge is 0.145 e. The molecule has 0 aromatic carbocycles. The molecule has 3 aromatic heterocycles. The molecule has 146 valence electrons. The van der Waals surface area contributed by atoms with Gasteiger partial charge < -0.3 is 15.2 Å². The van der Waals surface area contributed by atoms with Gasteiger partial charge in [0.2, 0.25) is 0 Å². The van der Waals surface area contributed by atoms with Gasteiger partial charge in [0.1, 0.15) is 23.2 Å². The monoisotopic (exact) mass is 386 g/mol. The summed E-state index contributed by atoms with van der Waals surface area (Å²) >= 11 is 0. The highest BCUT2D eigenvalue weighted by molar-refractivity contribution is 5.76. The fourth-order valence-corrected chi connectivity index (χ4v) is 3.92. The van der Waals surface area contributed by atoms with Crippen molar-refractivity contribution in [3.63, 3.8) is 0 Å². The van der Waals surface area contributed by atoms with E-state index in [4.69, 9.17) is 4.98 Å². The molecule has 0 aliphatic carbocycles. The minimum absolute atomic E-state index is 0.517. The molecule has 0 bridgehead atoms. The summed E-state index contributed by atoms with van der Waals surface area (Å²) in [7, 11) is 1.98. The molecular weight excluding hydrogens is 364 g/mol. The lowest BCUT2D eigenvalue weighted by molar-refractivity contribution is 0.374. The topological polar surface area (TPSA) is 84.5 Å². The number of nitrogens with one attached hydrogen (secondary N) is 2. The van der Waals surface area contributed by atoms with Crippen molar-refractivity contribution in [3.05, 3.63) is 54.1 Å². The molecular formula is C21H22N8. The third-order valence-electron chi connectivity index (χ3n) is 5.45. The molecule has 8 heteroatoms. The summed E-state index contributed by atoms with van der Waals surface area (Å²) < 4.78 is 1.90. The van der Waals surface area contributed by atoms with E-state index >= 15 is 0 Å². The van der Waals surface area contributed by atoms with Gasteiger partial charge in [0, 0.05) is 57.7 Å². The van der Waals surface area contributed by atoms with Crippen molar-refractivity contribution in [2.24, 2.45) is 0 Å². The number of hydrogen-bond acceptors (Lipinski definition) is 7. The molecule has 2 aliphatic heterocycles. The third kappa shape index (κ3) is 3.20. The highest BCUT2D eigenvalue weighted by atomic mass is 15.5. The van der Waals surface area contributed by atoms with E-state index in [-0.39, 0.29) is 0 Å². The molecule has 5 rings (SSSR count). The molecule has 29 heavy (non-hydrogen) atoms. The molecule has 3 aromatic rings. The number of hydrazine groups is 1. The molecule has 0 atom stereocenters. The van der Waals surface area contributed by atoms with E-state index in [0.717, 1.165) is 61.0 Å². The largest absolute Gasteiger partial charge is 0.354 e. The van der Waals surface area contributed by atoms with E-state index in [1.807, 2.05) is 28.7 Å². The molecule has 2 N–H and O–H groups in total. The fourth-order valence-electron chi connectivity index (χ4n) is 3.92. The molecule has 0 spiro atoms. The standard InChI is InChI=1S/C21H22N8/c1-27-14-17(12-26-27)16-8-19(29-18(10-22)13-25-21(29)9-16)15-2-3-20(24-11-15)28-6-4-23-5-7-28/h2-3,8-9,11,13-14,23,26H,4-7,12H2,1H3. The maximum Gasteiger partial charge on any atom is 0.145 e. The van der Waals surface area contributed by atoms with E-state index in [0.29, 0.717) is 5.69 Å². The Morgan fingerprint density at radius 3 is 2.62 bits per heavy atom. The number of pyridine rings is 2. The first-order valence-electron chi connectivity index (χ1n) is 9.74. The lowest BCUT2D eigenvalue weighted by atomic mass is 10.0. The van der Waals surface area contributed by atoms with Crippen molar-refractivity contribution in [1.29, 1.82) is 5.26 Å². The van der Waals surface area contributed by atoms with E-state index in [1.165, 1.54) is 5.57 Å². The summed E-state index contributed by atoms with van der Waals surface area (Å²) in [5, 5.41) is 14.9. The van der Waals surface area contributed by atoms with Crippen LogP contribution in [0.1, 0.15) is 11.3 Å². The first-order valence-corrected chi connectivity index (χ1v) is 9.74. The fraction of sp³-hybridized carbons (Fsp3) is 0.286. The quantitative estimate of drug-likeness (QED) is 0.705. The molecule has 0 amide bonds. The molecule has 8 nitrogen and oxygen atoms in total. The van der Waals surface area contributed by atoms with Crippen molar-refractivity contribution >= 4 is 17.0 Å². The van der Waals surface area contributed by atoms with Crippen LogP contribution in [0.25, 0.3) is 22.5 Å². The van der Waals surface area contributed by atoms with Gasteiger partial charge in [-0.3, -0.25) is 4.40 Å². The Bertz CT molecular complexity index is 1120.